The van der Waals surface area contributed by atoms with E-state index in [-0.39, 0.29) is 4.65 Å². The van der Waals surface area contributed by atoms with Crippen LogP contribution in [0, 0.1) is 5.21 Å². The van der Waals surface area contributed by atoms with Gasteiger partial charge in [-0.1, -0.05) is 110 Å². The van der Waals surface area contributed by atoms with Crippen LogP contribution in [0.2, 0.25) is 0 Å². The van der Waals surface area contributed by atoms with Crippen LogP contribution in [0.25, 0.3) is 0 Å². The SMILES string of the molecule is CCCCCCCCCCCC[N+](C)([O-])CCCCCCCCCCC. The molecule has 0 aromatic carbocycles. The molecule has 0 bridgehead atoms. The Morgan fingerprint density at radius 2 is 0.654 bits per heavy atom. The Bertz CT molecular complexity index is 265. The van der Waals surface area contributed by atoms with E-state index in [1.807, 2.05) is 7.05 Å². The Kier molecular flexibility index (Phi) is 19.6. The molecular formula is C24H51NO. The Hall–Kier alpha value is -0.0800. The second kappa shape index (κ2) is 19.7. The molecule has 0 spiro atoms. The smallest absolute Gasteiger partial charge is 0.0781 e. The van der Waals surface area contributed by atoms with Crippen LogP contribution in [-0.2, 0) is 0 Å². The van der Waals surface area contributed by atoms with Gasteiger partial charge in [0.1, 0.15) is 0 Å². The lowest BCUT2D eigenvalue weighted by Crippen LogP contribution is -2.39. The number of nitrogens with zero attached hydrogens (tertiary/aromatic N) is 1. The van der Waals surface area contributed by atoms with Crippen molar-refractivity contribution in [2.45, 2.75) is 136 Å². The van der Waals surface area contributed by atoms with Crippen LogP contribution in [0.15, 0.2) is 0 Å². The van der Waals surface area contributed by atoms with Crippen LogP contribution in [-0.4, -0.2) is 24.8 Å². The molecule has 0 aromatic rings. The first-order valence-electron chi connectivity index (χ1n) is 12.2. The van der Waals surface area contributed by atoms with Crippen LogP contribution in [0.1, 0.15) is 136 Å². The van der Waals surface area contributed by atoms with Crippen LogP contribution in [0.5, 0.6) is 0 Å². The topological polar surface area (TPSA) is 23.1 Å². The summed E-state index contributed by atoms with van der Waals surface area (Å²) in [5.74, 6) is 0. The normalized spacial score (nSPS) is 13.8. The molecule has 2 heteroatoms. The molecule has 0 saturated heterocycles. The maximum absolute atomic E-state index is 12.5. The van der Waals surface area contributed by atoms with E-state index in [9.17, 15) is 5.21 Å². The number of hydroxylamine groups is 3. The quantitative estimate of drug-likeness (QED) is 0.113. The van der Waals surface area contributed by atoms with Crippen LogP contribution >= 0.6 is 0 Å². The van der Waals surface area contributed by atoms with Crippen molar-refractivity contribution in [3.05, 3.63) is 5.21 Å². The first-order chi connectivity index (χ1) is 12.6. The lowest BCUT2D eigenvalue weighted by Gasteiger charge is -2.39. The van der Waals surface area contributed by atoms with Gasteiger partial charge in [0.25, 0.3) is 0 Å². The third kappa shape index (κ3) is 20.2. The van der Waals surface area contributed by atoms with Gasteiger partial charge in [-0.2, -0.15) is 0 Å². The highest BCUT2D eigenvalue weighted by Crippen LogP contribution is 2.14. The van der Waals surface area contributed by atoms with Crippen LogP contribution in [0.4, 0.5) is 0 Å². The van der Waals surface area contributed by atoms with Crippen molar-refractivity contribution in [3.63, 3.8) is 0 Å². The highest BCUT2D eigenvalue weighted by atomic mass is 16.5. The third-order valence-corrected chi connectivity index (χ3v) is 5.72. The Morgan fingerprint density at radius 3 is 0.923 bits per heavy atom. The van der Waals surface area contributed by atoms with Gasteiger partial charge >= 0.3 is 0 Å². The maximum Gasteiger partial charge on any atom is 0.0781 e. The van der Waals surface area contributed by atoms with E-state index in [1.165, 1.54) is 109 Å². The lowest BCUT2D eigenvalue weighted by atomic mass is 10.1. The zero-order chi connectivity index (χ0) is 19.3. The molecule has 0 N–H and O–H groups in total. The molecule has 158 valence electrons. The summed E-state index contributed by atoms with van der Waals surface area (Å²) in [6.45, 7) is 6.20. The highest BCUT2D eigenvalue weighted by molar-refractivity contribution is 4.50. The maximum atomic E-state index is 12.5. The summed E-state index contributed by atoms with van der Waals surface area (Å²) in [5.41, 5.74) is 0. The Labute approximate surface area is 166 Å². The van der Waals surface area contributed by atoms with E-state index < -0.39 is 0 Å². The van der Waals surface area contributed by atoms with Gasteiger partial charge in [-0.25, -0.2) is 0 Å². The van der Waals surface area contributed by atoms with Crippen LogP contribution < -0.4 is 0 Å². The van der Waals surface area contributed by atoms with Crippen molar-refractivity contribution in [2.75, 3.05) is 20.1 Å². The standard InChI is InChI=1S/C24H51NO/c1-4-6-8-10-12-14-16-18-20-22-24-25(3,26)23-21-19-17-15-13-11-9-7-5-2/h4-24H2,1-3H3. The minimum atomic E-state index is -0.00643. The van der Waals surface area contributed by atoms with Crippen molar-refractivity contribution >= 4 is 0 Å². The number of unbranched alkanes of at least 4 members (excludes halogenated alkanes) is 17. The summed E-state index contributed by atoms with van der Waals surface area (Å²) in [7, 11) is 1.89. The largest absolute Gasteiger partial charge is 0.633 e. The molecule has 0 fully saturated rings. The van der Waals surface area contributed by atoms with Gasteiger partial charge in [-0.3, -0.25) is 0 Å². The second-order valence-electron chi connectivity index (χ2n) is 8.75. The van der Waals surface area contributed by atoms with E-state index in [1.54, 1.807) is 0 Å². The molecule has 0 aliphatic rings. The number of hydrogen-bond acceptors (Lipinski definition) is 1. The van der Waals surface area contributed by atoms with Gasteiger partial charge in [0, 0.05) is 0 Å². The fourth-order valence-electron chi connectivity index (χ4n) is 3.80. The molecule has 0 amide bonds. The molecule has 0 aromatic heterocycles. The van der Waals surface area contributed by atoms with Crippen molar-refractivity contribution in [3.8, 4) is 0 Å². The lowest BCUT2D eigenvalue weighted by molar-refractivity contribution is -0.861. The zero-order valence-electron chi connectivity index (χ0n) is 18.7. The molecule has 2 nitrogen and oxygen atoms in total. The summed E-state index contributed by atoms with van der Waals surface area (Å²) in [6.07, 6.45) is 25.4. The molecule has 1 unspecified atom stereocenters. The van der Waals surface area contributed by atoms with E-state index in [4.69, 9.17) is 0 Å². The van der Waals surface area contributed by atoms with E-state index in [0.717, 1.165) is 25.9 Å². The summed E-state index contributed by atoms with van der Waals surface area (Å²) in [5, 5.41) is 12.5. The molecule has 0 aliphatic heterocycles. The van der Waals surface area contributed by atoms with Crippen molar-refractivity contribution in [1.29, 1.82) is 0 Å². The first-order valence-corrected chi connectivity index (χ1v) is 12.2. The van der Waals surface area contributed by atoms with Crippen molar-refractivity contribution in [1.82, 2.24) is 0 Å². The van der Waals surface area contributed by atoms with E-state index in [2.05, 4.69) is 13.8 Å². The molecule has 0 radical (unpaired) electrons. The summed E-state index contributed by atoms with van der Waals surface area (Å²) >= 11 is 0. The third-order valence-electron chi connectivity index (χ3n) is 5.72. The van der Waals surface area contributed by atoms with Crippen LogP contribution in [0.3, 0.4) is 0 Å². The number of hydrogen-bond donors (Lipinski definition) is 0. The monoisotopic (exact) mass is 369 g/mol. The average Bonchev–Trinajstić information content (AvgIpc) is 2.62. The Balaban J connectivity index is 3.31. The average molecular weight is 370 g/mol. The van der Waals surface area contributed by atoms with Gasteiger partial charge in [-0.05, 0) is 25.7 Å². The van der Waals surface area contributed by atoms with Gasteiger partial charge in [0.05, 0.1) is 20.1 Å². The molecule has 0 saturated carbocycles. The van der Waals surface area contributed by atoms with Gasteiger partial charge < -0.3 is 9.85 Å². The van der Waals surface area contributed by atoms with Crippen molar-refractivity contribution in [2.24, 2.45) is 0 Å². The number of rotatable bonds is 21. The summed E-state index contributed by atoms with van der Waals surface area (Å²) in [4.78, 5) is 0. The molecule has 0 aliphatic carbocycles. The second-order valence-corrected chi connectivity index (χ2v) is 8.75. The number of quaternary nitrogens is 1. The first kappa shape index (κ1) is 25.9. The Morgan fingerprint density at radius 1 is 0.423 bits per heavy atom. The van der Waals surface area contributed by atoms with Gasteiger partial charge in [0.15, 0.2) is 0 Å². The highest BCUT2D eigenvalue weighted by Gasteiger charge is 2.09. The fraction of sp³-hybridized carbons (Fsp3) is 1.00. The van der Waals surface area contributed by atoms with E-state index >= 15 is 0 Å². The minimum absolute atomic E-state index is 0.00643. The molecule has 1 atom stereocenters. The van der Waals surface area contributed by atoms with Gasteiger partial charge in [-0.15, -0.1) is 0 Å². The molecule has 0 rings (SSSR count). The predicted octanol–water partition coefficient (Wildman–Crippen LogP) is 8.38. The molecular weight excluding hydrogens is 318 g/mol. The van der Waals surface area contributed by atoms with E-state index in [0.29, 0.717) is 0 Å². The zero-order valence-corrected chi connectivity index (χ0v) is 18.7. The minimum Gasteiger partial charge on any atom is -0.633 e. The molecule has 26 heavy (non-hydrogen) atoms. The van der Waals surface area contributed by atoms with Crippen molar-refractivity contribution < 1.29 is 4.65 Å². The predicted molar refractivity (Wildman–Crippen MR) is 118 cm³/mol. The summed E-state index contributed by atoms with van der Waals surface area (Å²) in [6, 6.07) is 0. The molecule has 0 heterocycles. The van der Waals surface area contributed by atoms with Gasteiger partial charge in [0.2, 0.25) is 0 Å². The summed E-state index contributed by atoms with van der Waals surface area (Å²) < 4.78 is -0.00643. The fourth-order valence-corrected chi connectivity index (χ4v) is 3.80.